The van der Waals surface area contributed by atoms with Crippen molar-refractivity contribution in [1.82, 2.24) is 5.32 Å². The fraction of sp³-hybridized carbons (Fsp3) is 1.00. The highest BCUT2D eigenvalue weighted by molar-refractivity contribution is 4.95. The average molecular weight is 241 g/mol. The third-order valence-electron chi connectivity index (χ3n) is 4.14. The fourth-order valence-electron chi connectivity index (χ4n) is 2.61. The number of hydrogen-bond donors (Lipinski definition) is 2. The summed E-state index contributed by atoms with van der Waals surface area (Å²) in [6.45, 7) is 3.68. The van der Waals surface area contributed by atoms with Crippen LogP contribution >= 0.6 is 0 Å². The lowest BCUT2D eigenvalue weighted by Gasteiger charge is -2.41. The van der Waals surface area contributed by atoms with Gasteiger partial charge in [0.05, 0.1) is 6.61 Å². The van der Waals surface area contributed by atoms with Crippen LogP contribution in [0.4, 0.5) is 0 Å². The number of nitrogens with one attached hydrogen (secondary N) is 1. The summed E-state index contributed by atoms with van der Waals surface area (Å²) in [6.07, 6.45) is 14.6. The molecular formula is C15H31NO. The first-order chi connectivity index (χ1) is 8.33. The number of rotatable bonds is 11. The summed E-state index contributed by atoms with van der Waals surface area (Å²) in [7, 11) is 0. The van der Waals surface area contributed by atoms with Crippen LogP contribution in [0.1, 0.15) is 77.6 Å². The Hall–Kier alpha value is -0.0800. The molecule has 0 aromatic heterocycles. The van der Waals surface area contributed by atoms with Crippen molar-refractivity contribution in [3.8, 4) is 0 Å². The van der Waals surface area contributed by atoms with E-state index in [4.69, 9.17) is 0 Å². The van der Waals surface area contributed by atoms with Gasteiger partial charge in [0.2, 0.25) is 0 Å². The standard InChI is InChI=1S/C15H31NO/c1-2-3-4-5-6-7-8-9-13-16-15(14-17)11-10-12-15/h16-17H,2-14H2,1H3. The Bertz CT molecular complexity index is 172. The lowest BCUT2D eigenvalue weighted by molar-refractivity contribution is 0.0886. The van der Waals surface area contributed by atoms with Gasteiger partial charge in [0.15, 0.2) is 0 Å². The van der Waals surface area contributed by atoms with E-state index in [-0.39, 0.29) is 5.54 Å². The van der Waals surface area contributed by atoms with Gasteiger partial charge in [-0.05, 0) is 32.2 Å². The summed E-state index contributed by atoms with van der Waals surface area (Å²) in [5, 5.41) is 12.8. The molecule has 0 unspecified atom stereocenters. The highest BCUT2D eigenvalue weighted by atomic mass is 16.3. The molecule has 0 saturated heterocycles. The minimum atomic E-state index is 0.112. The summed E-state index contributed by atoms with van der Waals surface area (Å²) in [5.41, 5.74) is 0.112. The average Bonchev–Trinajstić information content (AvgIpc) is 2.30. The van der Waals surface area contributed by atoms with E-state index in [1.165, 1.54) is 70.6 Å². The first kappa shape index (κ1) is 15.0. The summed E-state index contributed by atoms with van der Waals surface area (Å²) in [6, 6.07) is 0. The zero-order valence-electron chi connectivity index (χ0n) is 11.6. The maximum absolute atomic E-state index is 9.30. The molecule has 1 saturated carbocycles. The van der Waals surface area contributed by atoms with Crippen molar-refractivity contribution in [3.05, 3.63) is 0 Å². The molecule has 0 aromatic carbocycles. The molecular weight excluding hydrogens is 210 g/mol. The van der Waals surface area contributed by atoms with Crippen molar-refractivity contribution in [1.29, 1.82) is 0 Å². The predicted molar refractivity (Wildman–Crippen MR) is 74.3 cm³/mol. The molecule has 0 spiro atoms. The van der Waals surface area contributed by atoms with Crippen LogP contribution in [0.5, 0.6) is 0 Å². The predicted octanol–water partition coefficient (Wildman–Crippen LogP) is 3.63. The number of aliphatic hydroxyl groups is 1. The van der Waals surface area contributed by atoms with Gasteiger partial charge in [0.1, 0.15) is 0 Å². The van der Waals surface area contributed by atoms with E-state index in [2.05, 4.69) is 12.2 Å². The highest BCUT2D eigenvalue weighted by Crippen LogP contribution is 2.31. The molecule has 1 fully saturated rings. The molecule has 102 valence electrons. The van der Waals surface area contributed by atoms with Crippen molar-refractivity contribution in [2.24, 2.45) is 0 Å². The second-order valence-electron chi connectivity index (χ2n) is 5.69. The van der Waals surface area contributed by atoms with Gasteiger partial charge in [0.25, 0.3) is 0 Å². The van der Waals surface area contributed by atoms with E-state index in [1.807, 2.05) is 0 Å². The molecule has 0 radical (unpaired) electrons. The van der Waals surface area contributed by atoms with Crippen LogP contribution in [-0.4, -0.2) is 23.8 Å². The van der Waals surface area contributed by atoms with Gasteiger partial charge in [-0.25, -0.2) is 0 Å². The summed E-state index contributed by atoms with van der Waals surface area (Å²) < 4.78 is 0. The van der Waals surface area contributed by atoms with Crippen molar-refractivity contribution in [2.75, 3.05) is 13.2 Å². The van der Waals surface area contributed by atoms with Crippen LogP contribution in [-0.2, 0) is 0 Å². The Morgan fingerprint density at radius 1 is 0.941 bits per heavy atom. The van der Waals surface area contributed by atoms with Crippen LogP contribution in [0.2, 0.25) is 0 Å². The van der Waals surface area contributed by atoms with E-state index in [1.54, 1.807) is 0 Å². The monoisotopic (exact) mass is 241 g/mol. The largest absolute Gasteiger partial charge is 0.394 e. The molecule has 2 N–H and O–H groups in total. The molecule has 17 heavy (non-hydrogen) atoms. The lowest BCUT2D eigenvalue weighted by atomic mass is 9.77. The van der Waals surface area contributed by atoms with Crippen LogP contribution in [0.25, 0.3) is 0 Å². The Kier molecular flexibility index (Phi) is 7.87. The van der Waals surface area contributed by atoms with E-state index in [9.17, 15) is 5.11 Å². The first-order valence-electron chi connectivity index (χ1n) is 7.69. The SMILES string of the molecule is CCCCCCCCCCNC1(CO)CCC1. The topological polar surface area (TPSA) is 32.3 Å². The normalized spacial score (nSPS) is 18.0. The third-order valence-corrected chi connectivity index (χ3v) is 4.14. The smallest absolute Gasteiger partial charge is 0.0613 e. The zero-order valence-corrected chi connectivity index (χ0v) is 11.6. The second-order valence-corrected chi connectivity index (χ2v) is 5.69. The maximum atomic E-state index is 9.30. The number of unbranched alkanes of at least 4 members (excludes halogenated alkanes) is 7. The van der Waals surface area contributed by atoms with E-state index in [0.29, 0.717) is 6.61 Å². The van der Waals surface area contributed by atoms with Crippen LogP contribution in [0, 0.1) is 0 Å². The second kappa shape index (κ2) is 8.93. The van der Waals surface area contributed by atoms with Gasteiger partial charge in [0, 0.05) is 5.54 Å². The fourth-order valence-corrected chi connectivity index (χ4v) is 2.61. The molecule has 0 aliphatic heterocycles. The molecule has 1 rings (SSSR count). The summed E-state index contributed by atoms with van der Waals surface area (Å²) in [5.74, 6) is 0. The van der Waals surface area contributed by atoms with Crippen LogP contribution in [0.3, 0.4) is 0 Å². The third kappa shape index (κ3) is 5.87. The molecule has 0 bridgehead atoms. The van der Waals surface area contributed by atoms with Gasteiger partial charge < -0.3 is 10.4 Å². The first-order valence-corrected chi connectivity index (χ1v) is 7.69. The molecule has 0 amide bonds. The molecule has 0 aromatic rings. The quantitative estimate of drug-likeness (QED) is 0.541. The summed E-state index contributed by atoms with van der Waals surface area (Å²) >= 11 is 0. The molecule has 2 nitrogen and oxygen atoms in total. The molecule has 2 heteroatoms. The lowest BCUT2D eigenvalue weighted by Crippen LogP contribution is -2.54. The van der Waals surface area contributed by atoms with Gasteiger partial charge in [-0.15, -0.1) is 0 Å². The van der Waals surface area contributed by atoms with Gasteiger partial charge in [-0.1, -0.05) is 51.9 Å². The van der Waals surface area contributed by atoms with Crippen molar-refractivity contribution in [2.45, 2.75) is 83.1 Å². The van der Waals surface area contributed by atoms with Gasteiger partial charge >= 0.3 is 0 Å². The molecule has 0 atom stereocenters. The van der Waals surface area contributed by atoms with E-state index < -0.39 is 0 Å². The van der Waals surface area contributed by atoms with Crippen LogP contribution in [0.15, 0.2) is 0 Å². The van der Waals surface area contributed by atoms with Gasteiger partial charge in [-0.3, -0.25) is 0 Å². The zero-order chi connectivity index (χ0) is 12.4. The summed E-state index contributed by atoms with van der Waals surface area (Å²) in [4.78, 5) is 0. The molecule has 0 heterocycles. The van der Waals surface area contributed by atoms with Crippen LogP contribution < -0.4 is 5.32 Å². The molecule has 1 aliphatic rings. The van der Waals surface area contributed by atoms with E-state index >= 15 is 0 Å². The molecule has 1 aliphatic carbocycles. The van der Waals surface area contributed by atoms with Crippen molar-refractivity contribution in [3.63, 3.8) is 0 Å². The highest BCUT2D eigenvalue weighted by Gasteiger charge is 2.35. The Morgan fingerprint density at radius 3 is 2.00 bits per heavy atom. The minimum absolute atomic E-state index is 0.112. The van der Waals surface area contributed by atoms with E-state index in [0.717, 1.165) is 6.54 Å². The van der Waals surface area contributed by atoms with Gasteiger partial charge in [-0.2, -0.15) is 0 Å². The Morgan fingerprint density at radius 2 is 1.53 bits per heavy atom. The minimum Gasteiger partial charge on any atom is -0.394 e. The maximum Gasteiger partial charge on any atom is 0.0613 e. The Labute approximate surface area is 107 Å². The van der Waals surface area contributed by atoms with Crippen molar-refractivity contribution >= 4 is 0 Å². The number of aliphatic hydroxyl groups excluding tert-OH is 1. The van der Waals surface area contributed by atoms with Crippen molar-refractivity contribution < 1.29 is 5.11 Å². The number of hydrogen-bond acceptors (Lipinski definition) is 2. The Balaban J connectivity index is 1.81.